The van der Waals surface area contributed by atoms with Gasteiger partial charge in [-0.2, -0.15) is 13.2 Å². The Morgan fingerprint density at radius 2 is 1.63 bits per heavy atom. The number of piperidine rings is 1. The van der Waals surface area contributed by atoms with Gasteiger partial charge in [0.25, 0.3) is 0 Å². The average Bonchev–Trinajstić information content (AvgIpc) is 3.00. The lowest BCUT2D eigenvalue weighted by molar-refractivity contribution is -0.137. The van der Waals surface area contributed by atoms with Crippen LogP contribution in [0.3, 0.4) is 0 Å². The fourth-order valence-corrected chi connectivity index (χ4v) is 5.34. The third-order valence-electron chi connectivity index (χ3n) is 7.68. The number of alkyl halides is 3. The average molecular weight is 585 g/mol. The van der Waals surface area contributed by atoms with Gasteiger partial charge in [-0.3, -0.25) is 14.7 Å². The Bertz CT molecular complexity index is 1510. The van der Waals surface area contributed by atoms with E-state index in [1.807, 2.05) is 66.4 Å². The van der Waals surface area contributed by atoms with E-state index in [0.717, 1.165) is 67.2 Å². The highest BCUT2D eigenvalue weighted by Gasteiger charge is 2.30. The van der Waals surface area contributed by atoms with Crippen molar-refractivity contribution < 1.29 is 18.0 Å². The molecule has 1 fully saturated rings. The summed E-state index contributed by atoms with van der Waals surface area (Å²) in [7, 11) is 0. The summed E-state index contributed by atoms with van der Waals surface area (Å²) in [6.07, 6.45) is 2.11. The number of carbonyl (C=O) groups excluding carboxylic acids is 1. The third-order valence-corrected chi connectivity index (χ3v) is 7.68. The Balaban J connectivity index is 1.28. The molecule has 1 aromatic heterocycles. The van der Waals surface area contributed by atoms with Crippen molar-refractivity contribution >= 4 is 23.4 Å². The second-order valence-corrected chi connectivity index (χ2v) is 10.9. The molecule has 0 spiro atoms. The van der Waals surface area contributed by atoms with Gasteiger partial charge < -0.3 is 10.2 Å². The van der Waals surface area contributed by atoms with Gasteiger partial charge in [0.2, 0.25) is 5.91 Å². The molecule has 0 bridgehead atoms. The Morgan fingerprint density at radius 1 is 0.930 bits per heavy atom. The molecule has 1 aliphatic heterocycles. The summed E-state index contributed by atoms with van der Waals surface area (Å²) in [5.41, 5.74) is 4.91. The molecule has 5 nitrogen and oxygen atoms in total. The summed E-state index contributed by atoms with van der Waals surface area (Å²) in [5.74, 6) is -0.157. The Morgan fingerprint density at radius 3 is 2.28 bits per heavy atom. The molecule has 8 heteroatoms. The molecule has 4 aromatic rings. The first kappa shape index (κ1) is 30.0. The number of rotatable bonds is 9. The maximum atomic E-state index is 13.6. The standard InChI is InChI=1S/C35H35F3N4O/c1-26-23-32(17-20-39-26)40-31-14-9-29(10-15-31)25-42(33-18-21-41(22-19-33)24-28-5-3-2-4-6-28)34(43)16-11-27-7-12-30(13-8-27)35(36,37)38/h2-17,20,23,33H,18-19,21-22,24-25H2,1H3,(H,39,40)/b16-11+. The van der Waals surface area contributed by atoms with Crippen molar-refractivity contribution in [2.45, 2.75) is 45.1 Å². The molecule has 0 unspecified atom stereocenters. The lowest BCUT2D eigenvalue weighted by atomic mass is 10.0. The van der Waals surface area contributed by atoms with Gasteiger partial charge in [0.05, 0.1) is 5.56 Å². The maximum absolute atomic E-state index is 13.6. The van der Waals surface area contributed by atoms with Gasteiger partial charge in [0, 0.05) is 61.6 Å². The smallest absolute Gasteiger partial charge is 0.355 e. The van der Waals surface area contributed by atoms with Crippen LogP contribution in [0.25, 0.3) is 6.08 Å². The van der Waals surface area contributed by atoms with E-state index in [0.29, 0.717) is 12.1 Å². The number of benzene rings is 3. The monoisotopic (exact) mass is 584 g/mol. The number of likely N-dealkylation sites (tertiary alicyclic amines) is 1. The van der Waals surface area contributed by atoms with Gasteiger partial charge >= 0.3 is 6.18 Å². The number of pyridine rings is 1. The molecule has 2 heterocycles. The highest BCUT2D eigenvalue weighted by Crippen LogP contribution is 2.29. The van der Waals surface area contributed by atoms with Gasteiger partial charge in [-0.15, -0.1) is 0 Å². The molecule has 0 radical (unpaired) electrons. The number of aromatic nitrogens is 1. The van der Waals surface area contributed by atoms with Crippen LogP contribution in [0.2, 0.25) is 0 Å². The number of aryl methyl sites for hydroxylation is 1. The number of nitrogens with zero attached hydrogens (tertiary/aromatic N) is 3. The Kier molecular flexibility index (Phi) is 9.57. The van der Waals surface area contributed by atoms with Gasteiger partial charge in [-0.25, -0.2) is 0 Å². The van der Waals surface area contributed by atoms with Crippen LogP contribution in [0.4, 0.5) is 24.5 Å². The Hall–Kier alpha value is -4.43. The summed E-state index contributed by atoms with van der Waals surface area (Å²) < 4.78 is 38.9. The molecule has 1 N–H and O–H groups in total. The van der Waals surface area contributed by atoms with Gasteiger partial charge in [-0.1, -0.05) is 54.6 Å². The molecular formula is C35H35F3N4O. The number of hydrogen-bond acceptors (Lipinski definition) is 4. The van der Waals surface area contributed by atoms with Crippen LogP contribution in [-0.4, -0.2) is 39.8 Å². The van der Waals surface area contributed by atoms with E-state index < -0.39 is 11.7 Å². The van der Waals surface area contributed by atoms with Crippen molar-refractivity contribution in [2.24, 2.45) is 0 Å². The molecule has 0 aliphatic carbocycles. The normalized spacial score (nSPS) is 14.6. The quantitative estimate of drug-likeness (QED) is 0.204. The van der Waals surface area contributed by atoms with E-state index in [1.165, 1.54) is 23.8 Å². The molecule has 5 rings (SSSR count). The molecule has 43 heavy (non-hydrogen) atoms. The molecule has 0 atom stereocenters. The number of amides is 1. The van der Waals surface area contributed by atoms with Crippen LogP contribution >= 0.6 is 0 Å². The van der Waals surface area contributed by atoms with E-state index >= 15 is 0 Å². The first-order valence-electron chi connectivity index (χ1n) is 14.4. The molecule has 1 amide bonds. The lowest BCUT2D eigenvalue weighted by Crippen LogP contribution is -2.46. The van der Waals surface area contributed by atoms with Gasteiger partial charge in [0.15, 0.2) is 0 Å². The summed E-state index contributed by atoms with van der Waals surface area (Å²) >= 11 is 0. The van der Waals surface area contributed by atoms with Crippen molar-refractivity contribution in [1.82, 2.24) is 14.8 Å². The largest absolute Gasteiger partial charge is 0.416 e. The second kappa shape index (κ2) is 13.7. The minimum absolute atomic E-state index is 0.0503. The summed E-state index contributed by atoms with van der Waals surface area (Å²) in [6, 6.07) is 27.2. The zero-order valence-electron chi connectivity index (χ0n) is 24.1. The first-order chi connectivity index (χ1) is 20.7. The number of halogens is 3. The van der Waals surface area contributed by atoms with Gasteiger partial charge in [-0.05, 0) is 78.9 Å². The summed E-state index contributed by atoms with van der Waals surface area (Å²) in [6.45, 7) is 5.01. The lowest BCUT2D eigenvalue weighted by Gasteiger charge is -2.38. The number of anilines is 2. The summed E-state index contributed by atoms with van der Waals surface area (Å²) in [4.78, 5) is 22.1. The zero-order valence-corrected chi connectivity index (χ0v) is 24.1. The highest BCUT2D eigenvalue weighted by molar-refractivity contribution is 5.92. The van der Waals surface area contributed by atoms with Crippen LogP contribution in [0, 0.1) is 6.92 Å². The SMILES string of the molecule is Cc1cc(Nc2ccc(CN(C(=O)/C=C/c3ccc(C(F)(F)F)cc3)C3CCN(Cc4ccccc4)CC3)cc2)ccn1. The fourth-order valence-electron chi connectivity index (χ4n) is 5.34. The van der Waals surface area contributed by atoms with Crippen LogP contribution in [0.5, 0.6) is 0 Å². The van der Waals surface area contributed by atoms with Crippen LogP contribution in [0.1, 0.15) is 40.8 Å². The van der Waals surface area contributed by atoms with Crippen molar-refractivity contribution in [3.8, 4) is 0 Å². The molecular weight excluding hydrogens is 549 g/mol. The molecule has 1 saturated heterocycles. The van der Waals surface area contributed by atoms with E-state index in [1.54, 1.807) is 12.3 Å². The topological polar surface area (TPSA) is 48.5 Å². The fraction of sp³-hybridized carbons (Fsp3) is 0.257. The molecule has 1 aliphatic rings. The van der Waals surface area contributed by atoms with E-state index in [4.69, 9.17) is 0 Å². The predicted molar refractivity (Wildman–Crippen MR) is 164 cm³/mol. The van der Waals surface area contributed by atoms with Gasteiger partial charge in [0.1, 0.15) is 0 Å². The predicted octanol–water partition coefficient (Wildman–Crippen LogP) is 7.86. The highest BCUT2D eigenvalue weighted by atomic mass is 19.4. The van der Waals surface area contributed by atoms with Crippen molar-refractivity contribution in [3.63, 3.8) is 0 Å². The summed E-state index contributed by atoms with van der Waals surface area (Å²) in [5, 5.41) is 3.38. The van der Waals surface area contributed by atoms with Crippen LogP contribution < -0.4 is 5.32 Å². The number of nitrogens with one attached hydrogen (secondary N) is 1. The van der Waals surface area contributed by atoms with Crippen molar-refractivity contribution in [2.75, 3.05) is 18.4 Å². The first-order valence-corrected chi connectivity index (χ1v) is 14.4. The zero-order chi connectivity index (χ0) is 30.2. The molecule has 222 valence electrons. The van der Waals surface area contributed by atoms with E-state index in [9.17, 15) is 18.0 Å². The van der Waals surface area contributed by atoms with E-state index in [-0.39, 0.29) is 11.9 Å². The number of hydrogen-bond donors (Lipinski definition) is 1. The van der Waals surface area contributed by atoms with Crippen LogP contribution in [0.15, 0.2) is 103 Å². The van der Waals surface area contributed by atoms with Crippen molar-refractivity contribution in [1.29, 1.82) is 0 Å². The third kappa shape index (κ3) is 8.55. The second-order valence-electron chi connectivity index (χ2n) is 10.9. The van der Waals surface area contributed by atoms with Crippen LogP contribution in [-0.2, 0) is 24.1 Å². The maximum Gasteiger partial charge on any atom is 0.416 e. The molecule has 3 aromatic carbocycles. The van der Waals surface area contributed by atoms with Crippen molar-refractivity contribution in [3.05, 3.63) is 131 Å². The van der Waals surface area contributed by atoms with E-state index in [2.05, 4.69) is 27.3 Å². The molecule has 0 saturated carbocycles. The Labute approximate surface area is 250 Å². The number of carbonyl (C=O) groups is 1. The minimum atomic E-state index is -4.40. The minimum Gasteiger partial charge on any atom is -0.355 e.